The fraction of sp³-hybridized carbons (Fsp3) is 0.882. The number of hydrogen-bond donors (Lipinski definition) is 2. The normalized spacial score (nSPS) is 25.2. The van der Waals surface area contributed by atoms with Crippen LogP contribution < -0.4 is 10.6 Å². The maximum atomic E-state index is 12.0. The lowest BCUT2D eigenvalue weighted by Gasteiger charge is -2.22. The third kappa shape index (κ3) is 7.58. The highest BCUT2D eigenvalue weighted by Crippen LogP contribution is 2.23. The molecule has 0 spiro atoms. The SMILES string of the molecule is CN=C(NCCC(=O)NC1CCS(=O)(=O)C1)N1CCC(CC(C)C)C1.I. The maximum Gasteiger partial charge on any atom is 0.222 e. The second-order valence-corrected chi connectivity index (χ2v) is 9.85. The monoisotopic (exact) mass is 500 g/mol. The molecule has 2 saturated heterocycles. The molecule has 0 radical (unpaired) electrons. The van der Waals surface area contributed by atoms with Gasteiger partial charge in [0.15, 0.2) is 15.8 Å². The fourth-order valence-electron chi connectivity index (χ4n) is 3.71. The predicted molar refractivity (Wildman–Crippen MR) is 116 cm³/mol. The van der Waals surface area contributed by atoms with E-state index in [0.717, 1.165) is 19.0 Å². The van der Waals surface area contributed by atoms with Gasteiger partial charge in [0, 0.05) is 39.1 Å². The molecule has 7 nitrogen and oxygen atoms in total. The van der Waals surface area contributed by atoms with Crippen molar-refractivity contribution in [1.82, 2.24) is 15.5 Å². The Morgan fingerprint density at radius 2 is 2.04 bits per heavy atom. The van der Waals surface area contributed by atoms with Gasteiger partial charge in [-0.05, 0) is 31.1 Å². The predicted octanol–water partition coefficient (Wildman–Crippen LogP) is 1.24. The van der Waals surface area contributed by atoms with Crippen molar-refractivity contribution in [2.24, 2.45) is 16.8 Å². The maximum absolute atomic E-state index is 12.0. The molecule has 2 aliphatic rings. The molecule has 0 aromatic carbocycles. The molecule has 2 N–H and O–H groups in total. The van der Waals surface area contributed by atoms with Gasteiger partial charge in [-0.1, -0.05) is 13.8 Å². The van der Waals surface area contributed by atoms with Gasteiger partial charge < -0.3 is 15.5 Å². The minimum atomic E-state index is -2.96. The molecule has 2 unspecified atom stereocenters. The van der Waals surface area contributed by atoms with E-state index in [0.29, 0.717) is 31.2 Å². The lowest BCUT2D eigenvalue weighted by molar-refractivity contribution is -0.121. The highest BCUT2D eigenvalue weighted by Gasteiger charge is 2.29. The Morgan fingerprint density at radius 3 is 2.62 bits per heavy atom. The van der Waals surface area contributed by atoms with Crippen LogP contribution in [0.15, 0.2) is 4.99 Å². The molecule has 9 heteroatoms. The number of hydrogen-bond acceptors (Lipinski definition) is 4. The zero-order valence-corrected chi connectivity index (χ0v) is 19.2. The Labute approximate surface area is 174 Å². The first kappa shape index (κ1) is 23.5. The van der Waals surface area contributed by atoms with Gasteiger partial charge in [0.2, 0.25) is 5.91 Å². The molecule has 2 atom stereocenters. The number of nitrogens with zero attached hydrogens (tertiary/aromatic N) is 2. The van der Waals surface area contributed by atoms with Crippen molar-refractivity contribution in [1.29, 1.82) is 0 Å². The second-order valence-electron chi connectivity index (χ2n) is 7.62. The molecule has 0 aliphatic carbocycles. The number of likely N-dealkylation sites (tertiary alicyclic amines) is 1. The Morgan fingerprint density at radius 1 is 1.31 bits per heavy atom. The van der Waals surface area contributed by atoms with Gasteiger partial charge in [-0.3, -0.25) is 9.79 Å². The Kier molecular flexibility index (Phi) is 9.63. The summed E-state index contributed by atoms with van der Waals surface area (Å²) in [5.41, 5.74) is 0. The average molecular weight is 500 g/mol. The van der Waals surface area contributed by atoms with E-state index >= 15 is 0 Å². The first-order valence-corrected chi connectivity index (χ1v) is 11.1. The zero-order valence-electron chi connectivity index (χ0n) is 16.0. The van der Waals surface area contributed by atoms with Crippen LogP contribution in [0.25, 0.3) is 0 Å². The van der Waals surface area contributed by atoms with Crippen molar-refractivity contribution < 1.29 is 13.2 Å². The molecule has 2 fully saturated rings. The van der Waals surface area contributed by atoms with Gasteiger partial charge in [-0.25, -0.2) is 8.42 Å². The van der Waals surface area contributed by atoms with Crippen molar-refractivity contribution in [2.45, 2.75) is 45.6 Å². The summed E-state index contributed by atoms with van der Waals surface area (Å²) in [7, 11) is -1.19. The minimum absolute atomic E-state index is 0. The lowest BCUT2D eigenvalue weighted by Crippen LogP contribution is -2.42. The molecule has 2 rings (SSSR count). The van der Waals surface area contributed by atoms with E-state index in [9.17, 15) is 13.2 Å². The number of rotatable bonds is 6. The summed E-state index contributed by atoms with van der Waals surface area (Å²) in [5.74, 6) is 2.41. The van der Waals surface area contributed by atoms with Gasteiger partial charge >= 0.3 is 0 Å². The van der Waals surface area contributed by atoms with Crippen LogP contribution >= 0.6 is 24.0 Å². The first-order valence-electron chi connectivity index (χ1n) is 9.24. The third-order valence-corrected chi connectivity index (χ3v) is 6.60. The smallest absolute Gasteiger partial charge is 0.222 e. The van der Waals surface area contributed by atoms with Crippen molar-refractivity contribution >= 4 is 45.7 Å². The molecule has 152 valence electrons. The standard InChI is InChI=1S/C17H32N4O3S.HI/c1-13(2)10-14-5-8-21(11-14)17(18-3)19-7-4-16(22)20-15-6-9-25(23,24)12-15;/h13-15H,4-12H2,1-3H3,(H,18,19)(H,20,22);1H. The largest absolute Gasteiger partial charge is 0.356 e. The molecule has 26 heavy (non-hydrogen) atoms. The summed E-state index contributed by atoms with van der Waals surface area (Å²) in [6.45, 7) is 7.03. The molecule has 0 aromatic rings. The highest BCUT2D eigenvalue weighted by atomic mass is 127. The van der Waals surface area contributed by atoms with E-state index in [2.05, 4.69) is 34.4 Å². The van der Waals surface area contributed by atoms with Crippen LogP contribution in [0.4, 0.5) is 0 Å². The third-order valence-electron chi connectivity index (χ3n) is 4.83. The topological polar surface area (TPSA) is 90.9 Å². The van der Waals surface area contributed by atoms with Crippen LogP contribution in [0.2, 0.25) is 0 Å². The average Bonchev–Trinajstić information content (AvgIpc) is 3.09. The quantitative estimate of drug-likeness (QED) is 0.326. The Balaban J connectivity index is 0.00000338. The van der Waals surface area contributed by atoms with Gasteiger partial charge in [-0.2, -0.15) is 0 Å². The number of aliphatic imine (C=N–C) groups is 1. The van der Waals surface area contributed by atoms with Crippen molar-refractivity contribution in [2.75, 3.05) is 38.2 Å². The van der Waals surface area contributed by atoms with E-state index in [1.54, 1.807) is 7.05 Å². The molecule has 0 aromatic heterocycles. The fourth-order valence-corrected chi connectivity index (χ4v) is 5.39. The van der Waals surface area contributed by atoms with Crippen molar-refractivity contribution in [3.05, 3.63) is 0 Å². The molecule has 0 saturated carbocycles. The molecular weight excluding hydrogens is 467 g/mol. The summed E-state index contributed by atoms with van der Waals surface area (Å²) in [6, 6.07) is -0.229. The molecule has 1 amide bonds. The molecular formula is C17H33IN4O3S. The lowest BCUT2D eigenvalue weighted by atomic mass is 9.97. The second kappa shape index (κ2) is 10.7. The number of halogens is 1. The number of carbonyl (C=O) groups is 1. The van der Waals surface area contributed by atoms with Crippen LogP contribution in [0.3, 0.4) is 0 Å². The summed E-state index contributed by atoms with van der Waals surface area (Å²) >= 11 is 0. The summed E-state index contributed by atoms with van der Waals surface area (Å²) in [6.07, 6.45) is 3.27. The minimum Gasteiger partial charge on any atom is -0.356 e. The number of nitrogens with one attached hydrogen (secondary N) is 2. The van der Waals surface area contributed by atoms with Crippen LogP contribution in [-0.2, 0) is 14.6 Å². The number of sulfone groups is 1. The van der Waals surface area contributed by atoms with Gasteiger partial charge in [0.05, 0.1) is 11.5 Å². The highest BCUT2D eigenvalue weighted by molar-refractivity contribution is 14.0. The van der Waals surface area contributed by atoms with Gasteiger partial charge in [-0.15, -0.1) is 24.0 Å². The van der Waals surface area contributed by atoms with Crippen LogP contribution in [0, 0.1) is 11.8 Å². The summed E-state index contributed by atoms with van der Waals surface area (Å²) in [5, 5.41) is 6.07. The van der Waals surface area contributed by atoms with Crippen molar-refractivity contribution in [3.63, 3.8) is 0 Å². The summed E-state index contributed by atoms with van der Waals surface area (Å²) in [4.78, 5) is 18.6. The van der Waals surface area contributed by atoms with Crippen LogP contribution in [-0.4, -0.2) is 69.4 Å². The van der Waals surface area contributed by atoms with E-state index in [-0.39, 0.29) is 47.4 Å². The van der Waals surface area contributed by atoms with Gasteiger partial charge in [0.25, 0.3) is 0 Å². The summed E-state index contributed by atoms with van der Waals surface area (Å²) < 4.78 is 22.8. The van der Waals surface area contributed by atoms with Crippen LogP contribution in [0.1, 0.15) is 39.5 Å². The Bertz CT molecular complexity index is 595. The van der Waals surface area contributed by atoms with Crippen molar-refractivity contribution in [3.8, 4) is 0 Å². The van der Waals surface area contributed by atoms with E-state index < -0.39 is 9.84 Å². The number of amides is 1. The number of carbonyl (C=O) groups excluding carboxylic acids is 1. The van der Waals surface area contributed by atoms with E-state index in [1.807, 2.05) is 0 Å². The molecule has 0 bridgehead atoms. The van der Waals surface area contributed by atoms with Gasteiger partial charge in [0.1, 0.15) is 0 Å². The van der Waals surface area contributed by atoms with E-state index in [4.69, 9.17) is 0 Å². The number of guanidine groups is 1. The van der Waals surface area contributed by atoms with Crippen LogP contribution in [0.5, 0.6) is 0 Å². The zero-order chi connectivity index (χ0) is 18.4. The Hall–Kier alpha value is -0.580. The molecule has 2 aliphatic heterocycles. The first-order chi connectivity index (χ1) is 11.8. The molecule has 2 heterocycles. The van der Waals surface area contributed by atoms with E-state index in [1.165, 1.54) is 12.8 Å².